The van der Waals surface area contributed by atoms with Crippen LogP contribution in [-0.4, -0.2) is 24.1 Å². The molecule has 0 aromatic heterocycles. The van der Waals surface area contributed by atoms with E-state index in [1.165, 1.54) is 32.1 Å². The molecule has 15 heavy (non-hydrogen) atoms. The third kappa shape index (κ3) is 1.91. The first-order valence-electron chi connectivity index (χ1n) is 4.14. The topological polar surface area (TPSA) is 77.3 Å². The van der Waals surface area contributed by atoms with E-state index in [0.29, 0.717) is 5.57 Å². The Morgan fingerprint density at radius 2 is 2.13 bits per heavy atom. The van der Waals surface area contributed by atoms with Crippen molar-refractivity contribution in [3.8, 4) is 0 Å². The Morgan fingerprint density at radius 1 is 1.60 bits per heavy atom. The SMILES string of the molecule is CC1=CC=CC(S(=O)(=O)Cl)C1(C)[N+](=O)[O-]. The standard InChI is InChI=1S/C8H10ClNO4S/c1-6-4-3-5-7(15(9,13)14)8(6,2)10(11)12/h3-5,7H,1-2H3. The molecule has 5 nitrogen and oxygen atoms in total. The van der Waals surface area contributed by atoms with Crippen molar-refractivity contribution in [1.29, 1.82) is 0 Å². The molecule has 0 heterocycles. The van der Waals surface area contributed by atoms with Crippen molar-refractivity contribution < 1.29 is 13.3 Å². The van der Waals surface area contributed by atoms with Gasteiger partial charge in [0.25, 0.3) is 5.54 Å². The Labute approximate surface area is 92.0 Å². The van der Waals surface area contributed by atoms with Crippen LogP contribution < -0.4 is 0 Å². The van der Waals surface area contributed by atoms with Gasteiger partial charge in [-0.15, -0.1) is 0 Å². The van der Waals surface area contributed by atoms with Crippen LogP contribution in [-0.2, 0) is 9.05 Å². The number of allylic oxidation sites excluding steroid dienone is 2. The van der Waals surface area contributed by atoms with E-state index in [-0.39, 0.29) is 0 Å². The van der Waals surface area contributed by atoms with Gasteiger partial charge in [-0.25, -0.2) is 8.42 Å². The van der Waals surface area contributed by atoms with Gasteiger partial charge >= 0.3 is 0 Å². The average Bonchev–Trinajstić information content (AvgIpc) is 2.07. The average molecular weight is 252 g/mol. The quantitative estimate of drug-likeness (QED) is 0.423. The van der Waals surface area contributed by atoms with Crippen LogP contribution in [0.15, 0.2) is 23.8 Å². The highest BCUT2D eigenvalue weighted by Crippen LogP contribution is 2.34. The molecule has 7 heteroatoms. The van der Waals surface area contributed by atoms with Crippen molar-refractivity contribution >= 4 is 19.7 Å². The van der Waals surface area contributed by atoms with Crippen LogP contribution in [0, 0.1) is 10.1 Å². The lowest BCUT2D eigenvalue weighted by molar-refractivity contribution is -0.551. The van der Waals surface area contributed by atoms with Gasteiger partial charge in [-0.1, -0.05) is 18.2 Å². The molecule has 1 rings (SSSR count). The second-order valence-electron chi connectivity index (χ2n) is 3.54. The monoisotopic (exact) mass is 251 g/mol. The van der Waals surface area contributed by atoms with Crippen LogP contribution in [0.2, 0.25) is 0 Å². The number of hydrogen-bond donors (Lipinski definition) is 0. The Morgan fingerprint density at radius 3 is 2.47 bits per heavy atom. The Bertz CT molecular complexity index is 453. The van der Waals surface area contributed by atoms with Crippen LogP contribution in [0.4, 0.5) is 0 Å². The highest BCUT2D eigenvalue weighted by molar-refractivity contribution is 8.14. The van der Waals surface area contributed by atoms with Crippen molar-refractivity contribution in [3.63, 3.8) is 0 Å². The first kappa shape index (κ1) is 12.2. The van der Waals surface area contributed by atoms with Gasteiger partial charge in [0.05, 0.1) is 0 Å². The first-order chi connectivity index (χ1) is 6.70. The van der Waals surface area contributed by atoms with Crippen LogP contribution >= 0.6 is 10.7 Å². The molecule has 0 N–H and O–H groups in total. The zero-order valence-corrected chi connectivity index (χ0v) is 9.75. The van der Waals surface area contributed by atoms with E-state index >= 15 is 0 Å². The molecule has 0 saturated heterocycles. The molecule has 1 aliphatic rings. The summed E-state index contributed by atoms with van der Waals surface area (Å²) in [5.74, 6) is 0. The number of rotatable bonds is 2. The largest absolute Gasteiger partial charge is 0.264 e. The number of halogens is 1. The molecule has 0 aromatic carbocycles. The zero-order valence-electron chi connectivity index (χ0n) is 8.18. The maximum atomic E-state index is 11.2. The molecule has 0 aliphatic heterocycles. The number of hydrogen-bond acceptors (Lipinski definition) is 4. The summed E-state index contributed by atoms with van der Waals surface area (Å²) >= 11 is 0. The van der Waals surface area contributed by atoms with Crippen LogP contribution in [0.5, 0.6) is 0 Å². The predicted octanol–water partition coefficient (Wildman–Crippen LogP) is 1.48. The van der Waals surface area contributed by atoms with Crippen molar-refractivity contribution in [2.24, 2.45) is 0 Å². The van der Waals surface area contributed by atoms with Crippen molar-refractivity contribution in [2.45, 2.75) is 24.6 Å². The molecule has 0 spiro atoms. The second kappa shape index (κ2) is 3.61. The van der Waals surface area contributed by atoms with Crippen LogP contribution in [0.1, 0.15) is 13.8 Å². The molecule has 0 aromatic rings. The molecular formula is C8H10ClNO4S. The fraction of sp³-hybridized carbons (Fsp3) is 0.500. The highest BCUT2D eigenvalue weighted by atomic mass is 35.7. The minimum atomic E-state index is -4.01. The number of nitrogens with zero attached hydrogens (tertiary/aromatic N) is 1. The third-order valence-corrected chi connectivity index (χ3v) is 4.47. The molecule has 0 saturated carbocycles. The van der Waals surface area contributed by atoms with Crippen LogP contribution in [0.3, 0.4) is 0 Å². The van der Waals surface area contributed by atoms with E-state index < -0.39 is 24.8 Å². The summed E-state index contributed by atoms with van der Waals surface area (Å²) in [5.41, 5.74) is -1.32. The fourth-order valence-corrected chi connectivity index (χ4v) is 3.29. The fourth-order valence-electron chi connectivity index (χ4n) is 1.50. The van der Waals surface area contributed by atoms with Gasteiger partial charge in [0.2, 0.25) is 9.05 Å². The van der Waals surface area contributed by atoms with Crippen molar-refractivity contribution in [1.82, 2.24) is 0 Å². The molecule has 1 aliphatic carbocycles. The lowest BCUT2D eigenvalue weighted by Crippen LogP contribution is -2.50. The van der Waals surface area contributed by atoms with E-state index in [2.05, 4.69) is 0 Å². The molecular weight excluding hydrogens is 242 g/mol. The van der Waals surface area contributed by atoms with E-state index in [1.807, 2.05) is 0 Å². The summed E-state index contributed by atoms with van der Waals surface area (Å²) in [7, 11) is 1.19. The molecule has 0 bridgehead atoms. The van der Waals surface area contributed by atoms with Crippen LogP contribution in [0.25, 0.3) is 0 Å². The van der Waals surface area contributed by atoms with Crippen molar-refractivity contribution in [3.05, 3.63) is 33.9 Å². The summed E-state index contributed by atoms with van der Waals surface area (Å²) in [6.45, 7) is 2.77. The second-order valence-corrected chi connectivity index (χ2v) is 6.28. The minimum Gasteiger partial charge on any atom is -0.264 e. The van der Waals surface area contributed by atoms with Crippen molar-refractivity contribution in [2.75, 3.05) is 0 Å². The van der Waals surface area contributed by atoms with E-state index in [4.69, 9.17) is 10.7 Å². The van der Waals surface area contributed by atoms with E-state index in [0.717, 1.165) is 0 Å². The van der Waals surface area contributed by atoms with Gasteiger partial charge < -0.3 is 0 Å². The lowest BCUT2D eigenvalue weighted by atomic mass is 9.86. The van der Waals surface area contributed by atoms with Gasteiger partial charge in [0.15, 0.2) is 5.25 Å². The maximum absolute atomic E-state index is 11.2. The Kier molecular flexibility index (Phi) is 2.93. The first-order valence-corrected chi connectivity index (χ1v) is 6.51. The maximum Gasteiger partial charge on any atom is 0.261 e. The summed E-state index contributed by atoms with van der Waals surface area (Å²) in [4.78, 5) is 10.3. The van der Waals surface area contributed by atoms with Gasteiger partial charge in [-0.05, 0) is 6.92 Å². The summed E-state index contributed by atoms with van der Waals surface area (Å²) < 4.78 is 22.5. The third-order valence-electron chi connectivity index (χ3n) is 2.67. The molecule has 0 radical (unpaired) electrons. The lowest BCUT2D eigenvalue weighted by Gasteiger charge is -2.28. The summed E-state index contributed by atoms with van der Waals surface area (Å²) in [6, 6.07) is 0. The summed E-state index contributed by atoms with van der Waals surface area (Å²) in [5, 5.41) is 9.62. The van der Waals surface area contributed by atoms with Gasteiger partial charge in [0, 0.05) is 28.1 Å². The Hall–Kier alpha value is -0.880. The normalized spacial score (nSPS) is 31.1. The smallest absolute Gasteiger partial charge is 0.261 e. The van der Waals surface area contributed by atoms with E-state index in [1.54, 1.807) is 0 Å². The molecule has 2 atom stereocenters. The minimum absolute atomic E-state index is 0.365. The number of nitro groups is 1. The van der Waals surface area contributed by atoms with Gasteiger partial charge in [-0.2, -0.15) is 0 Å². The molecule has 0 fully saturated rings. The molecule has 84 valence electrons. The Balaban J connectivity index is 3.37. The van der Waals surface area contributed by atoms with Gasteiger partial charge in [0.1, 0.15) is 0 Å². The molecule has 2 unspecified atom stereocenters. The van der Waals surface area contributed by atoms with E-state index in [9.17, 15) is 18.5 Å². The zero-order chi connectivity index (χ0) is 11.9. The molecule has 0 amide bonds. The highest BCUT2D eigenvalue weighted by Gasteiger charge is 2.53. The predicted molar refractivity (Wildman–Crippen MR) is 56.9 cm³/mol. The summed E-state index contributed by atoms with van der Waals surface area (Å²) in [6.07, 6.45) is 4.21. The van der Waals surface area contributed by atoms with Gasteiger partial charge in [-0.3, -0.25) is 10.1 Å².